The molecule has 4 aromatic rings. The van der Waals surface area contributed by atoms with E-state index < -0.39 is 5.82 Å². The molecule has 6 nitrogen and oxygen atoms in total. The largest absolute Gasteiger partial charge is 0.508 e. The number of rotatable bonds is 3. The van der Waals surface area contributed by atoms with Crippen LogP contribution in [0.4, 0.5) is 10.2 Å². The summed E-state index contributed by atoms with van der Waals surface area (Å²) in [6.07, 6.45) is 5.39. The maximum atomic E-state index is 15.9. The van der Waals surface area contributed by atoms with Gasteiger partial charge < -0.3 is 14.7 Å². The first-order chi connectivity index (χ1) is 16.6. The van der Waals surface area contributed by atoms with Crippen LogP contribution in [0.15, 0.2) is 42.6 Å². The summed E-state index contributed by atoms with van der Waals surface area (Å²) in [5.41, 5.74) is 0.854. The number of aromatic nitrogens is 3. The lowest BCUT2D eigenvalue weighted by Crippen LogP contribution is -2.37. The molecule has 1 aliphatic carbocycles. The van der Waals surface area contributed by atoms with Gasteiger partial charge >= 0.3 is 6.01 Å². The molecule has 1 N–H and O–H groups in total. The molecule has 2 fully saturated rings. The number of methoxy groups -OCH3 is 1. The monoisotopic (exact) mass is 460 g/mol. The van der Waals surface area contributed by atoms with E-state index in [1.165, 1.54) is 26.4 Å². The predicted octanol–water partition coefficient (Wildman–Crippen LogP) is 5.96. The SMILES string of the molecule is CC.COc1nc(N2CC3CCC(C3)C2)c2cnc(-c3cc(O)cc4ccccc34)c(F)c2n1. The van der Waals surface area contributed by atoms with Crippen LogP contribution < -0.4 is 9.64 Å². The lowest BCUT2D eigenvalue weighted by atomic mass is 9.98. The number of aromatic hydroxyl groups is 1. The zero-order chi connectivity index (χ0) is 23.8. The number of benzene rings is 2. The Labute approximate surface area is 198 Å². The van der Waals surface area contributed by atoms with E-state index in [0.29, 0.717) is 28.6 Å². The van der Waals surface area contributed by atoms with E-state index in [1.54, 1.807) is 18.3 Å². The van der Waals surface area contributed by atoms with Gasteiger partial charge in [-0.2, -0.15) is 9.97 Å². The third-order valence-corrected chi connectivity index (χ3v) is 6.83. The second-order valence-electron chi connectivity index (χ2n) is 8.88. The summed E-state index contributed by atoms with van der Waals surface area (Å²) in [6.45, 7) is 5.82. The standard InChI is InChI=1S/C25H23FN4O2.C2H6/c1-32-25-28-23-20(24(29-25)30-12-14-6-7-15(8-14)13-30)11-27-22(21(23)26)19-10-17(31)9-16-4-2-3-5-18(16)19;1-2/h2-5,9-11,14-15,31H,6-8,12-13H2,1H3;1-2H3. The molecule has 1 saturated heterocycles. The zero-order valence-corrected chi connectivity index (χ0v) is 19.8. The van der Waals surface area contributed by atoms with Gasteiger partial charge in [0, 0.05) is 24.8 Å². The van der Waals surface area contributed by atoms with Gasteiger partial charge in [0.2, 0.25) is 0 Å². The van der Waals surface area contributed by atoms with Gasteiger partial charge in [0.15, 0.2) is 5.82 Å². The van der Waals surface area contributed by atoms with Crippen molar-refractivity contribution in [3.05, 3.63) is 48.4 Å². The molecular formula is C27H29FN4O2. The minimum absolute atomic E-state index is 0.0599. The number of halogens is 1. The highest BCUT2D eigenvalue weighted by Gasteiger charge is 2.34. The summed E-state index contributed by atoms with van der Waals surface area (Å²) >= 11 is 0. The van der Waals surface area contributed by atoms with E-state index in [2.05, 4.69) is 19.9 Å². The molecule has 0 radical (unpaired) electrons. The summed E-state index contributed by atoms with van der Waals surface area (Å²) in [7, 11) is 1.49. The summed E-state index contributed by atoms with van der Waals surface area (Å²) in [4.78, 5) is 15.7. The zero-order valence-electron chi connectivity index (χ0n) is 19.8. The highest BCUT2D eigenvalue weighted by molar-refractivity contribution is 5.99. The molecule has 7 heteroatoms. The first kappa shape index (κ1) is 22.3. The second kappa shape index (κ2) is 9.05. The number of hydrogen-bond acceptors (Lipinski definition) is 6. The highest BCUT2D eigenvalue weighted by atomic mass is 19.1. The average molecular weight is 461 g/mol. The number of piperidine rings is 1. The van der Waals surface area contributed by atoms with Crippen LogP contribution in [0.5, 0.6) is 11.8 Å². The van der Waals surface area contributed by atoms with Crippen LogP contribution in [0.25, 0.3) is 32.9 Å². The van der Waals surface area contributed by atoms with Gasteiger partial charge in [-0.05, 0) is 54.0 Å². The lowest BCUT2D eigenvalue weighted by Gasteiger charge is -2.33. The van der Waals surface area contributed by atoms with Crippen molar-refractivity contribution in [1.29, 1.82) is 0 Å². The smallest absolute Gasteiger partial charge is 0.318 e. The van der Waals surface area contributed by atoms with Gasteiger partial charge in [-0.3, -0.25) is 4.98 Å². The number of phenolic OH excluding ortho intramolecular Hbond substituents is 1. The fraction of sp³-hybridized carbons (Fsp3) is 0.370. The first-order valence-electron chi connectivity index (χ1n) is 12.0. The van der Waals surface area contributed by atoms with E-state index in [4.69, 9.17) is 4.74 Å². The van der Waals surface area contributed by atoms with E-state index in [-0.39, 0.29) is 23.0 Å². The number of nitrogens with zero attached hydrogens (tertiary/aromatic N) is 4. The van der Waals surface area contributed by atoms with Crippen LogP contribution in [0, 0.1) is 17.7 Å². The Kier molecular flexibility index (Phi) is 5.94. The van der Waals surface area contributed by atoms with E-state index in [9.17, 15) is 5.11 Å². The minimum atomic E-state index is -0.541. The van der Waals surface area contributed by atoms with Crippen molar-refractivity contribution in [2.45, 2.75) is 33.1 Å². The van der Waals surface area contributed by atoms with E-state index in [1.807, 2.05) is 38.1 Å². The van der Waals surface area contributed by atoms with Gasteiger partial charge in [0.25, 0.3) is 0 Å². The first-order valence-corrected chi connectivity index (χ1v) is 12.0. The molecule has 0 spiro atoms. The molecule has 6 rings (SSSR count). The Morgan fingerprint density at radius 1 is 1.03 bits per heavy atom. The Bertz CT molecular complexity index is 1350. The number of fused-ring (bicyclic) bond motifs is 4. The molecular weight excluding hydrogens is 431 g/mol. The fourth-order valence-electron chi connectivity index (χ4n) is 5.41. The van der Waals surface area contributed by atoms with Gasteiger partial charge in [0.05, 0.1) is 12.5 Å². The number of anilines is 1. The summed E-state index contributed by atoms with van der Waals surface area (Å²) in [5, 5.41) is 12.4. The number of phenols is 1. The number of pyridine rings is 1. The molecule has 2 atom stereocenters. The highest BCUT2D eigenvalue weighted by Crippen LogP contribution is 2.41. The molecule has 1 aliphatic heterocycles. The maximum Gasteiger partial charge on any atom is 0.318 e. The summed E-state index contributed by atoms with van der Waals surface area (Å²) in [5.74, 6) is 1.51. The Hall–Kier alpha value is -3.48. The lowest BCUT2D eigenvalue weighted by molar-refractivity contribution is 0.378. The third-order valence-electron chi connectivity index (χ3n) is 6.83. The third kappa shape index (κ3) is 3.79. The van der Waals surface area contributed by atoms with Crippen molar-refractivity contribution in [2.75, 3.05) is 25.1 Å². The number of ether oxygens (including phenoxy) is 1. The van der Waals surface area contributed by atoms with Gasteiger partial charge in [-0.15, -0.1) is 0 Å². The summed E-state index contributed by atoms with van der Waals surface area (Å²) < 4.78 is 21.3. The van der Waals surface area contributed by atoms with Crippen LogP contribution in [-0.2, 0) is 0 Å². The van der Waals surface area contributed by atoms with Gasteiger partial charge in [-0.1, -0.05) is 38.1 Å². The van der Waals surface area contributed by atoms with Gasteiger partial charge in [-0.25, -0.2) is 4.39 Å². The molecule has 3 heterocycles. The van der Waals surface area contributed by atoms with Crippen molar-refractivity contribution in [3.63, 3.8) is 0 Å². The minimum Gasteiger partial charge on any atom is -0.508 e. The van der Waals surface area contributed by atoms with Gasteiger partial charge in [0.1, 0.15) is 22.8 Å². The molecule has 0 amide bonds. The number of hydrogen-bond donors (Lipinski definition) is 1. The molecule has 2 aliphatic rings. The van der Waals surface area contributed by atoms with Crippen molar-refractivity contribution in [2.24, 2.45) is 11.8 Å². The predicted molar refractivity (Wildman–Crippen MR) is 133 cm³/mol. The normalized spacial score (nSPS) is 19.2. The second-order valence-corrected chi connectivity index (χ2v) is 8.88. The van der Waals surface area contributed by atoms with Crippen molar-refractivity contribution in [3.8, 4) is 23.0 Å². The maximum absolute atomic E-state index is 15.9. The van der Waals surface area contributed by atoms with Crippen molar-refractivity contribution in [1.82, 2.24) is 15.0 Å². The van der Waals surface area contributed by atoms with Crippen LogP contribution in [0.2, 0.25) is 0 Å². The Balaban J connectivity index is 0.00000117. The van der Waals surface area contributed by atoms with Crippen LogP contribution in [0.3, 0.4) is 0 Å². The molecule has 1 saturated carbocycles. The van der Waals surface area contributed by atoms with Crippen LogP contribution in [0.1, 0.15) is 33.1 Å². The van der Waals surface area contributed by atoms with Crippen LogP contribution in [-0.4, -0.2) is 40.3 Å². The molecule has 34 heavy (non-hydrogen) atoms. The topological polar surface area (TPSA) is 71.4 Å². The average Bonchev–Trinajstić information content (AvgIpc) is 3.21. The fourth-order valence-corrected chi connectivity index (χ4v) is 5.41. The summed E-state index contributed by atoms with van der Waals surface area (Å²) in [6, 6.07) is 10.9. The quantitative estimate of drug-likeness (QED) is 0.407. The molecule has 176 valence electrons. The van der Waals surface area contributed by atoms with Crippen molar-refractivity contribution < 1.29 is 14.2 Å². The van der Waals surface area contributed by atoms with E-state index >= 15 is 4.39 Å². The Morgan fingerprint density at radius 2 is 1.76 bits per heavy atom. The van der Waals surface area contributed by atoms with E-state index in [0.717, 1.165) is 23.9 Å². The molecule has 2 bridgehead atoms. The van der Waals surface area contributed by atoms with Crippen molar-refractivity contribution >= 4 is 27.5 Å². The molecule has 2 aromatic carbocycles. The van der Waals surface area contributed by atoms with Crippen LogP contribution >= 0.6 is 0 Å². The molecule has 2 aromatic heterocycles. The Morgan fingerprint density at radius 3 is 2.50 bits per heavy atom. The molecule has 2 unspecified atom stereocenters.